The topological polar surface area (TPSA) is 122 Å². The van der Waals surface area contributed by atoms with E-state index in [1.165, 1.54) is 6.42 Å². The number of halogens is 1. The molecule has 0 spiro atoms. The molecule has 7 N–H and O–H groups in total. The number of amides is 2. The molecular weight excluding hydrogens is 444 g/mol. The molecule has 0 aromatic heterocycles. The van der Waals surface area contributed by atoms with Gasteiger partial charge in [-0.2, -0.15) is 5.12 Å². The average molecular weight is 483 g/mol. The lowest BCUT2D eigenvalue weighted by molar-refractivity contribution is -0.132. The minimum Gasteiger partial charge on any atom is -0.356 e. The Balaban J connectivity index is 1.12. The molecule has 2 amide bonds. The fourth-order valence-corrected chi connectivity index (χ4v) is 7.18. The number of carbonyl (C=O) groups is 2. The van der Waals surface area contributed by atoms with Crippen molar-refractivity contribution in [2.24, 2.45) is 23.7 Å². The highest BCUT2D eigenvalue weighted by Gasteiger charge is 2.45. The third kappa shape index (κ3) is 5.03. The Bertz CT molecular complexity index is 723. The molecule has 33 heavy (non-hydrogen) atoms. The average Bonchev–Trinajstić information content (AvgIpc) is 3.34. The number of hydrogen-bond acceptors (Lipinski definition) is 8. The quantitative estimate of drug-likeness (QED) is 0.249. The van der Waals surface area contributed by atoms with Crippen LogP contribution in [0, 0.1) is 23.7 Å². The number of hydrazine groups is 2. The summed E-state index contributed by atoms with van der Waals surface area (Å²) in [5, 5.41) is 18.5. The third-order valence-electron chi connectivity index (χ3n) is 8.41. The molecule has 5 aliphatic rings. The van der Waals surface area contributed by atoms with E-state index in [1.807, 2.05) is 5.12 Å². The molecule has 4 aliphatic heterocycles. The summed E-state index contributed by atoms with van der Waals surface area (Å²) >= 11 is 6.63. The fraction of sp³-hybridized carbons (Fsp3) is 0.909. The number of rotatable bonds is 4. The maximum Gasteiger partial charge on any atom is 0.252 e. The van der Waals surface area contributed by atoms with Crippen molar-refractivity contribution in [3.05, 3.63) is 0 Å². The number of piperidine rings is 2. The Morgan fingerprint density at radius 3 is 2.61 bits per heavy atom. The first-order valence-electron chi connectivity index (χ1n) is 12.7. The molecule has 4 saturated heterocycles. The van der Waals surface area contributed by atoms with Gasteiger partial charge in [-0.25, -0.2) is 10.9 Å². The van der Waals surface area contributed by atoms with Gasteiger partial charge in [-0.05, 0) is 50.4 Å². The van der Waals surface area contributed by atoms with Crippen LogP contribution in [0.25, 0.3) is 0 Å². The smallest absolute Gasteiger partial charge is 0.252 e. The van der Waals surface area contributed by atoms with Crippen LogP contribution in [0.1, 0.15) is 39.0 Å². The summed E-state index contributed by atoms with van der Waals surface area (Å²) in [7, 11) is 0. The van der Waals surface area contributed by atoms with Crippen molar-refractivity contribution < 1.29 is 9.59 Å². The van der Waals surface area contributed by atoms with Crippen LogP contribution in [0.5, 0.6) is 0 Å². The van der Waals surface area contributed by atoms with Gasteiger partial charge in [-0.15, -0.1) is 11.6 Å². The van der Waals surface area contributed by atoms with Gasteiger partial charge in [0.05, 0.1) is 5.38 Å². The lowest BCUT2D eigenvalue weighted by atomic mass is 9.63. The van der Waals surface area contributed by atoms with Crippen LogP contribution in [0.15, 0.2) is 0 Å². The van der Waals surface area contributed by atoms with Crippen molar-refractivity contribution in [2.75, 3.05) is 32.7 Å². The molecule has 0 radical (unpaired) electrons. The summed E-state index contributed by atoms with van der Waals surface area (Å²) in [5.74, 6) is 1.81. The van der Waals surface area contributed by atoms with Gasteiger partial charge in [0.15, 0.2) is 0 Å². The number of alkyl halides is 1. The second-order valence-corrected chi connectivity index (χ2v) is 11.0. The fourth-order valence-electron chi connectivity index (χ4n) is 6.76. The Morgan fingerprint density at radius 1 is 1.03 bits per heavy atom. The third-order valence-corrected chi connectivity index (χ3v) is 8.83. The number of nitrogens with one attached hydrogen (secondary N) is 7. The highest BCUT2D eigenvalue weighted by Crippen LogP contribution is 2.43. The first-order chi connectivity index (χ1) is 16.0. The van der Waals surface area contributed by atoms with Crippen molar-refractivity contribution in [1.82, 2.24) is 42.6 Å². The van der Waals surface area contributed by atoms with Gasteiger partial charge in [0.2, 0.25) is 5.91 Å². The first kappa shape index (κ1) is 23.7. The summed E-state index contributed by atoms with van der Waals surface area (Å²) in [6.45, 7) is 6.24. The molecule has 11 heteroatoms. The van der Waals surface area contributed by atoms with E-state index < -0.39 is 6.17 Å². The number of carbonyl (C=O) groups excluding carboxylic acids is 2. The van der Waals surface area contributed by atoms with Crippen LogP contribution in [0.2, 0.25) is 0 Å². The number of nitrogens with zero attached hydrogens (tertiary/aromatic N) is 1. The van der Waals surface area contributed by atoms with Gasteiger partial charge >= 0.3 is 0 Å². The van der Waals surface area contributed by atoms with Crippen LogP contribution in [-0.2, 0) is 9.59 Å². The monoisotopic (exact) mass is 482 g/mol. The van der Waals surface area contributed by atoms with Crippen molar-refractivity contribution in [1.29, 1.82) is 0 Å². The Morgan fingerprint density at radius 2 is 1.85 bits per heavy atom. The molecule has 0 aromatic carbocycles. The molecule has 0 aromatic rings. The molecule has 5 rings (SSSR count). The molecule has 186 valence electrons. The summed E-state index contributed by atoms with van der Waals surface area (Å²) in [5.41, 5.74) is 6.53. The van der Waals surface area contributed by atoms with Crippen LogP contribution in [0.4, 0.5) is 0 Å². The largest absolute Gasteiger partial charge is 0.356 e. The number of fused-ring (bicyclic) bond motifs is 1. The molecule has 1 aliphatic carbocycles. The SMILES string of the molecule is CC1NC(C(=O)NC2CNC(N3NCCN3)C(Cl)C2)NCC1C1CCCC2C(=O)NCCC21. The van der Waals surface area contributed by atoms with Crippen molar-refractivity contribution >= 4 is 23.4 Å². The van der Waals surface area contributed by atoms with E-state index in [0.29, 0.717) is 30.7 Å². The van der Waals surface area contributed by atoms with Gasteiger partial charge < -0.3 is 10.6 Å². The zero-order chi connectivity index (χ0) is 22.9. The zero-order valence-corrected chi connectivity index (χ0v) is 20.2. The minimum absolute atomic E-state index is 0.00432. The van der Waals surface area contributed by atoms with Crippen LogP contribution >= 0.6 is 11.6 Å². The predicted molar refractivity (Wildman–Crippen MR) is 126 cm³/mol. The molecule has 5 fully saturated rings. The molecule has 0 bridgehead atoms. The lowest BCUT2D eigenvalue weighted by Gasteiger charge is -2.48. The summed E-state index contributed by atoms with van der Waals surface area (Å²) < 4.78 is 0. The van der Waals surface area contributed by atoms with Gasteiger partial charge in [-0.1, -0.05) is 6.42 Å². The zero-order valence-electron chi connectivity index (χ0n) is 19.4. The van der Waals surface area contributed by atoms with E-state index >= 15 is 0 Å². The van der Waals surface area contributed by atoms with Gasteiger partial charge in [0.25, 0.3) is 5.91 Å². The Hall–Kier alpha value is -1.01. The van der Waals surface area contributed by atoms with Crippen LogP contribution < -0.4 is 37.4 Å². The second-order valence-electron chi connectivity index (χ2n) is 10.4. The maximum atomic E-state index is 13.0. The highest BCUT2D eigenvalue weighted by atomic mass is 35.5. The van der Waals surface area contributed by atoms with E-state index in [4.69, 9.17) is 11.6 Å². The van der Waals surface area contributed by atoms with E-state index in [-0.39, 0.29) is 41.4 Å². The van der Waals surface area contributed by atoms with Gasteiger partial charge in [0.1, 0.15) is 12.3 Å². The van der Waals surface area contributed by atoms with Crippen LogP contribution in [-0.4, -0.2) is 79.4 Å². The molecule has 4 heterocycles. The predicted octanol–water partition coefficient (Wildman–Crippen LogP) is -1.20. The van der Waals surface area contributed by atoms with E-state index in [9.17, 15) is 9.59 Å². The highest BCUT2D eigenvalue weighted by molar-refractivity contribution is 6.21. The Kier molecular flexibility index (Phi) is 7.41. The molecule has 1 saturated carbocycles. The van der Waals surface area contributed by atoms with Crippen molar-refractivity contribution in [3.8, 4) is 0 Å². The van der Waals surface area contributed by atoms with Gasteiger partial charge in [0, 0.05) is 50.7 Å². The van der Waals surface area contributed by atoms with Gasteiger partial charge in [-0.3, -0.25) is 25.5 Å². The van der Waals surface area contributed by atoms with Crippen LogP contribution in [0.3, 0.4) is 0 Å². The summed E-state index contributed by atoms with van der Waals surface area (Å²) in [4.78, 5) is 25.4. The molecule has 10 nitrogen and oxygen atoms in total. The minimum atomic E-state index is -0.404. The maximum absolute atomic E-state index is 13.0. The van der Waals surface area contributed by atoms with Crippen molar-refractivity contribution in [3.63, 3.8) is 0 Å². The molecule has 9 unspecified atom stereocenters. The summed E-state index contributed by atoms with van der Waals surface area (Å²) in [6.07, 6.45) is 4.69. The standard InChI is InChI=1S/C22H39ClN8O2/c1-12-17(14-3-2-4-16-15(14)5-6-24-21(16)32)11-25-19(29-12)22(33)30-13-9-18(23)20(26-10-13)31-27-7-8-28-31/h12-20,25-29H,2-11H2,1H3,(H,24,32)(H,30,33). The summed E-state index contributed by atoms with van der Waals surface area (Å²) in [6, 6.07) is 0.216. The first-order valence-corrected chi connectivity index (χ1v) is 13.2. The van der Waals surface area contributed by atoms with Crippen molar-refractivity contribution in [2.45, 2.75) is 68.8 Å². The molecule has 9 atom stereocenters. The molecular formula is C22H39ClN8O2. The Labute approximate surface area is 201 Å². The second kappa shape index (κ2) is 10.3. The van der Waals surface area contributed by atoms with E-state index in [2.05, 4.69) is 44.4 Å². The lowest BCUT2D eigenvalue weighted by Crippen LogP contribution is -2.68. The van der Waals surface area contributed by atoms with E-state index in [1.54, 1.807) is 0 Å². The normalized spacial score (nSPS) is 44.7. The van der Waals surface area contributed by atoms with E-state index in [0.717, 1.165) is 45.4 Å². The number of hydrogen-bond donors (Lipinski definition) is 7.